The number of guanidine groups is 1. The molecule has 2 aromatic carbocycles. The summed E-state index contributed by atoms with van der Waals surface area (Å²) < 4.78 is 0. The van der Waals surface area contributed by atoms with Crippen molar-refractivity contribution < 1.29 is 24.3 Å². The van der Waals surface area contributed by atoms with Gasteiger partial charge in [-0.2, -0.15) is 0 Å². The number of nitrogens with two attached hydrogens (primary N) is 3. The normalized spacial score (nSPS) is 13.0. The summed E-state index contributed by atoms with van der Waals surface area (Å²) in [6, 6.07) is 13.3. The number of carboxylic acid groups (broad SMARTS) is 1. The van der Waals surface area contributed by atoms with Gasteiger partial charge in [-0.1, -0.05) is 48.5 Å². The highest BCUT2D eigenvalue weighted by molar-refractivity contribution is 5.93. The fraction of sp³-hybridized carbons (Fsp3) is 0.321. The van der Waals surface area contributed by atoms with Gasteiger partial charge in [0, 0.05) is 36.5 Å². The molecular formula is C28H36N8O5. The van der Waals surface area contributed by atoms with E-state index >= 15 is 0 Å². The fourth-order valence-electron chi connectivity index (χ4n) is 4.24. The van der Waals surface area contributed by atoms with Crippen LogP contribution >= 0.6 is 0 Å². The van der Waals surface area contributed by atoms with E-state index in [9.17, 15) is 24.3 Å². The van der Waals surface area contributed by atoms with Gasteiger partial charge in [0.05, 0.1) is 12.6 Å². The van der Waals surface area contributed by atoms with Crippen LogP contribution in [0.1, 0.15) is 24.0 Å². The smallest absolute Gasteiger partial charge is 0.326 e. The monoisotopic (exact) mass is 564 g/mol. The highest BCUT2D eigenvalue weighted by atomic mass is 16.4. The summed E-state index contributed by atoms with van der Waals surface area (Å²) in [4.78, 5) is 57.2. The van der Waals surface area contributed by atoms with Crippen molar-refractivity contribution >= 4 is 40.6 Å². The van der Waals surface area contributed by atoms with E-state index in [1.54, 1.807) is 30.5 Å². The first-order valence-electron chi connectivity index (χ1n) is 13.1. The largest absolute Gasteiger partial charge is 0.480 e. The molecule has 0 radical (unpaired) electrons. The molecule has 0 bridgehead atoms. The molecule has 13 nitrogen and oxygen atoms in total. The Bertz CT molecular complexity index is 1370. The number of para-hydroxylation sites is 1. The number of rotatable bonds is 15. The first-order chi connectivity index (χ1) is 19.6. The molecule has 0 fully saturated rings. The SMILES string of the molecule is NC(N)=NCCCC(N)C(=O)NC(Cc1ccccc1)C(=O)NCC(=O)NC(Cc1c[nH]c2ccccc12)C(=O)O. The Morgan fingerprint density at radius 1 is 0.902 bits per heavy atom. The zero-order valence-electron chi connectivity index (χ0n) is 22.5. The summed E-state index contributed by atoms with van der Waals surface area (Å²) in [5.41, 5.74) is 19.0. The third-order valence-electron chi connectivity index (χ3n) is 6.38. The van der Waals surface area contributed by atoms with Gasteiger partial charge in [-0.25, -0.2) is 4.79 Å². The molecule has 0 saturated carbocycles. The molecule has 0 aliphatic carbocycles. The number of benzene rings is 2. The van der Waals surface area contributed by atoms with E-state index in [4.69, 9.17) is 17.2 Å². The molecule has 13 heteroatoms. The number of H-pyrrole nitrogens is 1. The lowest BCUT2D eigenvalue weighted by Gasteiger charge is -2.21. The number of hydrogen-bond donors (Lipinski definition) is 8. The van der Waals surface area contributed by atoms with Crippen molar-refractivity contribution in [3.05, 3.63) is 71.9 Å². The molecular weight excluding hydrogens is 528 g/mol. The van der Waals surface area contributed by atoms with Crippen molar-refractivity contribution in [3.63, 3.8) is 0 Å². The van der Waals surface area contributed by atoms with Crippen molar-refractivity contribution in [2.24, 2.45) is 22.2 Å². The number of carbonyl (C=O) groups excluding carboxylic acids is 3. The summed E-state index contributed by atoms with van der Waals surface area (Å²) >= 11 is 0. The summed E-state index contributed by atoms with van der Waals surface area (Å²) in [5, 5.41) is 18.1. The van der Waals surface area contributed by atoms with Crippen LogP contribution in [0.4, 0.5) is 0 Å². The number of aliphatic carboxylic acids is 1. The molecule has 3 amide bonds. The van der Waals surface area contributed by atoms with Crippen LogP contribution in [0.2, 0.25) is 0 Å². The zero-order chi connectivity index (χ0) is 29.8. The van der Waals surface area contributed by atoms with Crippen LogP contribution < -0.4 is 33.2 Å². The Kier molecular flexibility index (Phi) is 11.2. The molecule has 1 aromatic heterocycles. The van der Waals surface area contributed by atoms with Crippen molar-refractivity contribution in [1.29, 1.82) is 0 Å². The third-order valence-corrected chi connectivity index (χ3v) is 6.38. The zero-order valence-corrected chi connectivity index (χ0v) is 22.5. The maximum absolute atomic E-state index is 13.1. The standard InChI is InChI=1S/C28H36N8O5/c29-20(10-6-12-32-28(30)31)25(38)36-22(13-17-7-2-1-3-8-17)26(39)34-16-24(37)35-23(27(40)41)14-18-15-33-21-11-5-4-9-19(18)21/h1-5,7-9,11,15,20,22-23,33H,6,10,12-14,16,29H2,(H,34,39)(H,35,37)(H,36,38)(H,40,41)(H4,30,31,32). The van der Waals surface area contributed by atoms with Crippen LogP contribution in [-0.2, 0) is 32.0 Å². The second kappa shape index (κ2) is 15.0. The molecule has 3 rings (SSSR count). The third kappa shape index (κ3) is 9.65. The van der Waals surface area contributed by atoms with Gasteiger partial charge in [0.15, 0.2) is 5.96 Å². The lowest BCUT2D eigenvalue weighted by atomic mass is 10.0. The van der Waals surface area contributed by atoms with E-state index in [1.165, 1.54) is 0 Å². The number of aromatic amines is 1. The van der Waals surface area contributed by atoms with Gasteiger partial charge in [-0.3, -0.25) is 19.4 Å². The Balaban J connectivity index is 1.59. The van der Waals surface area contributed by atoms with Crippen LogP contribution in [0, 0.1) is 0 Å². The van der Waals surface area contributed by atoms with E-state index in [2.05, 4.69) is 25.9 Å². The molecule has 0 aliphatic heterocycles. The fourth-order valence-corrected chi connectivity index (χ4v) is 4.24. The van der Waals surface area contributed by atoms with Gasteiger partial charge < -0.3 is 43.2 Å². The highest BCUT2D eigenvalue weighted by Gasteiger charge is 2.26. The molecule has 1 heterocycles. The predicted molar refractivity (Wildman–Crippen MR) is 155 cm³/mol. The second-order valence-electron chi connectivity index (χ2n) is 9.55. The van der Waals surface area contributed by atoms with Gasteiger partial charge in [0.2, 0.25) is 17.7 Å². The average molecular weight is 565 g/mol. The number of aromatic nitrogens is 1. The number of nitrogens with one attached hydrogen (secondary N) is 4. The summed E-state index contributed by atoms with van der Waals surface area (Å²) in [6.45, 7) is -0.174. The molecule has 41 heavy (non-hydrogen) atoms. The second-order valence-corrected chi connectivity index (χ2v) is 9.55. The van der Waals surface area contributed by atoms with Crippen LogP contribution in [0.15, 0.2) is 65.8 Å². The van der Waals surface area contributed by atoms with Crippen LogP contribution in [0.5, 0.6) is 0 Å². The van der Waals surface area contributed by atoms with Gasteiger partial charge in [0.25, 0.3) is 0 Å². The minimum absolute atomic E-state index is 0.0484. The van der Waals surface area contributed by atoms with Crippen molar-refractivity contribution in [3.8, 4) is 0 Å². The van der Waals surface area contributed by atoms with E-state index in [0.717, 1.165) is 22.0 Å². The summed E-state index contributed by atoms with van der Waals surface area (Å²) in [5.74, 6) is -3.11. The van der Waals surface area contributed by atoms with Crippen LogP contribution in [0.25, 0.3) is 10.9 Å². The first-order valence-corrected chi connectivity index (χ1v) is 13.1. The minimum Gasteiger partial charge on any atom is -0.480 e. The van der Waals surface area contributed by atoms with E-state index in [1.807, 2.05) is 30.3 Å². The van der Waals surface area contributed by atoms with Crippen molar-refractivity contribution in [1.82, 2.24) is 20.9 Å². The van der Waals surface area contributed by atoms with Crippen LogP contribution in [0.3, 0.4) is 0 Å². The number of hydrogen-bond acceptors (Lipinski definition) is 6. The van der Waals surface area contributed by atoms with Crippen LogP contribution in [-0.4, -0.2) is 71.0 Å². The number of aliphatic imine (C=N–C) groups is 1. The van der Waals surface area contributed by atoms with Gasteiger partial charge in [-0.05, 0) is 30.0 Å². The molecule has 3 atom stereocenters. The van der Waals surface area contributed by atoms with Gasteiger partial charge in [0.1, 0.15) is 12.1 Å². The summed E-state index contributed by atoms with van der Waals surface area (Å²) in [7, 11) is 0. The Hall–Kier alpha value is -4.91. The number of fused-ring (bicyclic) bond motifs is 1. The van der Waals surface area contributed by atoms with Crippen molar-refractivity contribution in [2.75, 3.05) is 13.1 Å². The van der Waals surface area contributed by atoms with E-state index in [-0.39, 0.29) is 25.2 Å². The first kappa shape index (κ1) is 30.6. The number of nitrogens with zero attached hydrogens (tertiary/aromatic N) is 1. The average Bonchev–Trinajstić information content (AvgIpc) is 3.36. The lowest BCUT2D eigenvalue weighted by molar-refractivity contribution is -0.141. The number of amides is 3. The molecule has 0 aliphatic rings. The maximum atomic E-state index is 13.1. The number of carbonyl (C=O) groups is 4. The molecule has 218 valence electrons. The Labute approximate surface area is 236 Å². The highest BCUT2D eigenvalue weighted by Crippen LogP contribution is 2.19. The molecule has 11 N–H and O–H groups in total. The molecule has 0 spiro atoms. The lowest BCUT2D eigenvalue weighted by Crippen LogP contribution is -2.54. The summed E-state index contributed by atoms with van der Waals surface area (Å²) in [6.07, 6.45) is 2.66. The van der Waals surface area contributed by atoms with Crippen molar-refractivity contribution in [2.45, 2.75) is 43.8 Å². The predicted octanol–water partition coefficient (Wildman–Crippen LogP) is -0.496. The molecule has 3 aromatic rings. The van der Waals surface area contributed by atoms with E-state index in [0.29, 0.717) is 13.0 Å². The number of carboxylic acids is 1. The topological polar surface area (TPSA) is 231 Å². The maximum Gasteiger partial charge on any atom is 0.326 e. The van der Waals surface area contributed by atoms with Gasteiger partial charge in [-0.15, -0.1) is 0 Å². The minimum atomic E-state index is -1.21. The quantitative estimate of drug-likeness (QED) is 0.0680. The van der Waals surface area contributed by atoms with Gasteiger partial charge >= 0.3 is 5.97 Å². The Morgan fingerprint density at radius 3 is 2.32 bits per heavy atom. The Morgan fingerprint density at radius 2 is 1.61 bits per heavy atom. The molecule has 3 unspecified atom stereocenters. The molecule has 0 saturated heterocycles. The van der Waals surface area contributed by atoms with E-state index < -0.39 is 48.4 Å².